The van der Waals surface area contributed by atoms with E-state index in [0.29, 0.717) is 16.8 Å². The smallest absolute Gasteiger partial charge is 0.319 e. The number of nitrogens with one attached hydrogen (secondary N) is 1. The molecule has 0 saturated carbocycles. The summed E-state index contributed by atoms with van der Waals surface area (Å²) in [4.78, 5) is 38.9. The first-order chi connectivity index (χ1) is 18.4. The monoisotopic (exact) mass is 537 g/mol. The maximum atomic E-state index is 13.4. The van der Waals surface area contributed by atoms with Crippen LogP contribution in [0.1, 0.15) is 40.3 Å². The van der Waals surface area contributed by atoms with Crippen LogP contribution in [0.2, 0.25) is 0 Å². The summed E-state index contributed by atoms with van der Waals surface area (Å²) >= 11 is 0. The molecule has 0 radical (unpaired) electrons. The number of likely N-dealkylation sites (N-methyl/N-ethyl adjacent to an activating group) is 1. The molecule has 0 fully saturated rings. The third kappa shape index (κ3) is 6.25. The van der Waals surface area contributed by atoms with E-state index in [-0.39, 0.29) is 17.2 Å². The number of hydrogen-bond donors (Lipinski definition) is 1. The maximum absolute atomic E-state index is 13.4. The van der Waals surface area contributed by atoms with Crippen LogP contribution in [0.3, 0.4) is 0 Å². The van der Waals surface area contributed by atoms with Crippen molar-refractivity contribution in [2.75, 3.05) is 17.3 Å². The lowest BCUT2D eigenvalue weighted by molar-refractivity contribution is -0.141. The maximum Gasteiger partial charge on any atom is 0.433 e. The van der Waals surface area contributed by atoms with Gasteiger partial charge in [-0.2, -0.15) is 13.2 Å². The summed E-state index contributed by atoms with van der Waals surface area (Å²) in [5.41, 5.74) is 1.14. The van der Waals surface area contributed by atoms with Crippen LogP contribution in [0.25, 0.3) is 11.3 Å². The Kier molecular flexibility index (Phi) is 7.70. The van der Waals surface area contributed by atoms with Crippen molar-refractivity contribution >= 4 is 23.2 Å². The second kappa shape index (κ2) is 11.0. The minimum absolute atomic E-state index is 0.0145. The Morgan fingerprint density at radius 1 is 0.974 bits per heavy atom. The fourth-order valence-electron chi connectivity index (χ4n) is 3.84. The van der Waals surface area contributed by atoms with Crippen molar-refractivity contribution in [1.82, 2.24) is 15.0 Å². The lowest BCUT2D eigenvalue weighted by Crippen LogP contribution is -2.31. The summed E-state index contributed by atoms with van der Waals surface area (Å²) in [6.45, 7) is 3.40. The molecule has 0 spiro atoms. The van der Waals surface area contributed by atoms with Gasteiger partial charge in [-0.15, -0.1) is 0 Å². The third-order valence-corrected chi connectivity index (χ3v) is 6.00. The fourth-order valence-corrected chi connectivity index (χ4v) is 3.84. The SMILES string of the molecule is Cc1cccc(-c2nc(C(F)(F)F)ccc2N(C)C(=O)C(C)c2cnc(C(=O)Nc3ccc(F)cc3)nc2)c1. The molecular formula is C28H23F4N5O2. The largest absolute Gasteiger partial charge is 0.433 e. The van der Waals surface area contributed by atoms with Gasteiger partial charge in [-0.1, -0.05) is 23.8 Å². The Balaban J connectivity index is 1.57. The van der Waals surface area contributed by atoms with Gasteiger partial charge < -0.3 is 10.2 Å². The summed E-state index contributed by atoms with van der Waals surface area (Å²) in [7, 11) is 1.45. The standard InChI is InChI=1S/C28H23F4N5O2/c1-16-5-4-6-18(13-16)24-22(11-12-23(36-24)28(30,31)32)37(3)27(39)17(2)19-14-33-25(34-15-19)26(38)35-21-9-7-20(29)8-10-21/h4-15,17H,1-3H3,(H,35,38). The minimum Gasteiger partial charge on any atom is -0.319 e. The van der Waals surface area contributed by atoms with Crippen LogP contribution < -0.4 is 10.2 Å². The van der Waals surface area contributed by atoms with Crippen LogP contribution >= 0.6 is 0 Å². The van der Waals surface area contributed by atoms with Crippen molar-refractivity contribution in [1.29, 1.82) is 0 Å². The van der Waals surface area contributed by atoms with Gasteiger partial charge in [-0.05, 0) is 56.3 Å². The number of aromatic nitrogens is 3. The summed E-state index contributed by atoms with van der Waals surface area (Å²) in [6.07, 6.45) is -2.00. The van der Waals surface area contributed by atoms with E-state index in [9.17, 15) is 27.2 Å². The van der Waals surface area contributed by atoms with Crippen LogP contribution in [0.5, 0.6) is 0 Å². The van der Waals surface area contributed by atoms with Crippen molar-refractivity contribution in [3.8, 4) is 11.3 Å². The summed E-state index contributed by atoms with van der Waals surface area (Å²) in [6, 6.07) is 14.0. The molecule has 1 unspecified atom stereocenters. The quantitative estimate of drug-likeness (QED) is 0.304. The highest BCUT2D eigenvalue weighted by molar-refractivity contribution is 6.02. The topological polar surface area (TPSA) is 88.1 Å². The molecule has 0 bridgehead atoms. The molecule has 7 nitrogen and oxygen atoms in total. The predicted octanol–water partition coefficient (Wildman–Crippen LogP) is 6.02. The number of pyridine rings is 1. The highest BCUT2D eigenvalue weighted by atomic mass is 19.4. The molecule has 39 heavy (non-hydrogen) atoms. The van der Waals surface area contributed by atoms with Gasteiger partial charge in [0.15, 0.2) is 0 Å². The van der Waals surface area contributed by atoms with E-state index in [1.807, 2.05) is 0 Å². The number of halogens is 4. The molecular weight excluding hydrogens is 514 g/mol. The molecule has 2 aromatic carbocycles. The number of nitrogens with zero attached hydrogens (tertiary/aromatic N) is 4. The fraction of sp³-hybridized carbons (Fsp3) is 0.179. The number of benzene rings is 2. The van der Waals surface area contributed by atoms with Gasteiger partial charge in [-0.3, -0.25) is 9.59 Å². The van der Waals surface area contributed by atoms with Gasteiger partial charge in [-0.25, -0.2) is 19.3 Å². The van der Waals surface area contributed by atoms with Crippen LogP contribution in [-0.2, 0) is 11.0 Å². The zero-order valence-electron chi connectivity index (χ0n) is 21.1. The minimum atomic E-state index is -4.66. The van der Waals surface area contributed by atoms with E-state index in [2.05, 4.69) is 20.3 Å². The summed E-state index contributed by atoms with van der Waals surface area (Å²) in [5.74, 6) is -2.47. The average Bonchev–Trinajstić information content (AvgIpc) is 2.92. The normalized spacial score (nSPS) is 12.1. The Bertz CT molecular complexity index is 1510. The van der Waals surface area contributed by atoms with Crippen LogP contribution in [0.15, 0.2) is 73.1 Å². The third-order valence-electron chi connectivity index (χ3n) is 6.00. The molecule has 0 saturated heterocycles. The lowest BCUT2D eigenvalue weighted by atomic mass is 10.0. The zero-order valence-corrected chi connectivity index (χ0v) is 21.1. The average molecular weight is 538 g/mol. The number of carbonyl (C=O) groups excluding carboxylic acids is 2. The van der Waals surface area contributed by atoms with Crippen LogP contribution in [0.4, 0.5) is 28.9 Å². The molecule has 2 aromatic heterocycles. The van der Waals surface area contributed by atoms with Gasteiger partial charge in [0.05, 0.1) is 17.3 Å². The van der Waals surface area contributed by atoms with E-state index in [0.717, 1.165) is 11.6 Å². The van der Waals surface area contributed by atoms with E-state index in [1.54, 1.807) is 38.1 Å². The van der Waals surface area contributed by atoms with Crippen molar-refractivity contribution in [3.05, 3.63) is 102 Å². The molecule has 2 amide bonds. The predicted molar refractivity (Wildman–Crippen MR) is 138 cm³/mol. The van der Waals surface area contributed by atoms with Crippen molar-refractivity contribution < 1.29 is 27.2 Å². The first kappa shape index (κ1) is 27.4. The number of aryl methyl sites for hydroxylation is 1. The van der Waals surface area contributed by atoms with Crippen molar-refractivity contribution in [3.63, 3.8) is 0 Å². The lowest BCUT2D eigenvalue weighted by Gasteiger charge is -2.24. The molecule has 2 heterocycles. The van der Waals surface area contributed by atoms with E-state index in [1.165, 1.54) is 54.7 Å². The van der Waals surface area contributed by atoms with Crippen LogP contribution in [0, 0.1) is 12.7 Å². The number of anilines is 2. The summed E-state index contributed by atoms with van der Waals surface area (Å²) in [5, 5.41) is 2.54. The molecule has 0 aliphatic carbocycles. The molecule has 11 heteroatoms. The van der Waals surface area contributed by atoms with E-state index in [4.69, 9.17) is 0 Å². The highest BCUT2D eigenvalue weighted by Gasteiger charge is 2.34. The molecule has 1 atom stereocenters. The molecule has 200 valence electrons. The van der Waals surface area contributed by atoms with Gasteiger partial charge in [0, 0.05) is 36.3 Å². The number of rotatable bonds is 6. The zero-order chi connectivity index (χ0) is 28.3. The Hall–Kier alpha value is -4.67. The molecule has 1 N–H and O–H groups in total. The summed E-state index contributed by atoms with van der Waals surface area (Å²) < 4.78 is 53.4. The number of carbonyl (C=O) groups is 2. The van der Waals surface area contributed by atoms with Crippen molar-refractivity contribution in [2.45, 2.75) is 25.9 Å². The Morgan fingerprint density at radius 2 is 1.64 bits per heavy atom. The van der Waals surface area contributed by atoms with Gasteiger partial charge >= 0.3 is 6.18 Å². The molecule has 4 rings (SSSR count). The number of amides is 2. The first-order valence-corrected chi connectivity index (χ1v) is 11.8. The van der Waals surface area contributed by atoms with E-state index < -0.39 is 35.4 Å². The number of hydrogen-bond acceptors (Lipinski definition) is 5. The van der Waals surface area contributed by atoms with E-state index >= 15 is 0 Å². The highest BCUT2D eigenvalue weighted by Crippen LogP contribution is 2.35. The van der Waals surface area contributed by atoms with Gasteiger partial charge in [0.1, 0.15) is 11.5 Å². The van der Waals surface area contributed by atoms with Crippen LogP contribution in [-0.4, -0.2) is 33.8 Å². The van der Waals surface area contributed by atoms with Gasteiger partial charge in [0.25, 0.3) is 5.91 Å². The second-order valence-corrected chi connectivity index (χ2v) is 8.85. The van der Waals surface area contributed by atoms with Crippen molar-refractivity contribution in [2.24, 2.45) is 0 Å². The molecule has 0 aliphatic heterocycles. The molecule has 4 aromatic rings. The first-order valence-electron chi connectivity index (χ1n) is 11.8. The molecule has 0 aliphatic rings. The van der Waals surface area contributed by atoms with Gasteiger partial charge in [0.2, 0.25) is 11.7 Å². The Labute approximate surface area is 221 Å². The Morgan fingerprint density at radius 3 is 2.26 bits per heavy atom. The second-order valence-electron chi connectivity index (χ2n) is 8.85. The number of alkyl halides is 3.